The van der Waals surface area contributed by atoms with Gasteiger partial charge in [0, 0.05) is 0 Å². The summed E-state index contributed by atoms with van der Waals surface area (Å²) in [7, 11) is -3.85. The molecule has 1 aromatic carbocycles. The first kappa shape index (κ1) is 22.2. The zero-order chi connectivity index (χ0) is 20.8. The van der Waals surface area contributed by atoms with Gasteiger partial charge in [0.1, 0.15) is 11.9 Å². The van der Waals surface area contributed by atoms with Crippen molar-refractivity contribution in [3.63, 3.8) is 0 Å². The maximum absolute atomic E-state index is 12.2. The molecule has 2 atom stereocenters. The van der Waals surface area contributed by atoms with E-state index in [2.05, 4.69) is 85.2 Å². The largest absolute Gasteiger partial charge is 0.544 e. The SMILES string of the molecule is CC(C)(C)[Si](C)(C)Oc1ccc([C@@H]2NC(=O)[C@@H]2O[Si](C)(C)C(C)(C)C)cc1. The molecular weight excluding hydrogens is 370 g/mol. The maximum atomic E-state index is 12.2. The van der Waals surface area contributed by atoms with Crippen molar-refractivity contribution < 1.29 is 13.6 Å². The Labute approximate surface area is 167 Å². The summed E-state index contributed by atoms with van der Waals surface area (Å²) in [4.78, 5) is 12.2. The summed E-state index contributed by atoms with van der Waals surface area (Å²) in [6.07, 6.45) is -0.391. The van der Waals surface area contributed by atoms with Gasteiger partial charge in [-0.3, -0.25) is 4.79 Å². The topological polar surface area (TPSA) is 47.6 Å². The number of amides is 1. The molecular formula is C21H37NO3Si2. The lowest BCUT2D eigenvalue weighted by Crippen LogP contribution is -2.61. The highest BCUT2D eigenvalue weighted by Gasteiger charge is 2.48. The number of β-lactam (4-membered cyclic amide) rings is 1. The van der Waals surface area contributed by atoms with E-state index in [1.807, 2.05) is 12.1 Å². The van der Waals surface area contributed by atoms with Crippen molar-refractivity contribution in [3.8, 4) is 5.75 Å². The lowest BCUT2D eigenvalue weighted by atomic mass is 9.94. The lowest BCUT2D eigenvalue weighted by molar-refractivity contribution is -0.141. The second kappa shape index (κ2) is 7.05. The molecule has 27 heavy (non-hydrogen) atoms. The molecule has 0 saturated carbocycles. The van der Waals surface area contributed by atoms with Crippen molar-refractivity contribution in [2.45, 2.75) is 90.0 Å². The van der Waals surface area contributed by atoms with Gasteiger partial charge >= 0.3 is 0 Å². The molecule has 1 saturated heterocycles. The van der Waals surface area contributed by atoms with E-state index >= 15 is 0 Å². The molecule has 152 valence electrons. The van der Waals surface area contributed by atoms with Gasteiger partial charge in [-0.25, -0.2) is 0 Å². The molecule has 0 unspecified atom stereocenters. The number of hydrogen-bond acceptors (Lipinski definition) is 3. The monoisotopic (exact) mass is 407 g/mol. The summed E-state index contributed by atoms with van der Waals surface area (Å²) in [5.41, 5.74) is 1.07. The average molecular weight is 408 g/mol. The molecule has 0 aromatic heterocycles. The van der Waals surface area contributed by atoms with Crippen LogP contribution in [0.15, 0.2) is 24.3 Å². The summed E-state index contributed by atoms with van der Waals surface area (Å²) in [6.45, 7) is 22.2. The van der Waals surface area contributed by atoms with Crippen LogP contribution in [0.5, 0.6) is 5.75 Å². The molecule has 0 radical (unpaired) electrons. The molecule has 1 aliphatic heterocycles. The first-order chi connectivity index (χ1) is 12.1. The van der Waals surface area contributed by atoms with Crippen LogP contribution in [0.3, 0.4) is 0 Å². The molecule has 1 aromatic rings. The molecule has 1 heterocycles. The van der Waals surface area contributed by atoms with Gasteiger partial charge in [-0.2, -0.15) is 0 Å². The third-order valence-electron chi connectivity index (χ3n) is 6.51. The first-order valence-corrected chi connectivity index (χ1v) is 15.6. The van der Waals surface area contributed by atoms with Crippen molar-refractivity contribution in [1.29, 1.82) is 0 Å². The number of carbonyl (C=O) groups excluding carboxylic acids is 1. The molecule has 4 nitrogen and oxygen atoms in total. The van der Waals surface area contributed by atoms with Crippen LogP contribution in [0.2, 0.25) is 36.3 Å². The summed E-state index contributed by atoms with van der Waals surface area (Å²) in [6, 6.07) is 8.06. The van der Waals surface area contributed by atoms with Crippen LogP contribution in [0.25, 0.3) is 0 Å². The zero-order valence-corrected chi connectivity index (χ0v) is 20.7. The molecule has 1 aliphatic rings. The fraction of sp³-hybridized carbons (Fsp3) is 0.667. The predicted octanol–water partition coefficient (Wildman–Crippen LogP) is 5.63. The molecule has 1 fully saturated rings. The van der Waals surface area contributed by atoms with Crippen molar-refractivity contribution in [2.24, 2.45) is 0 Å². The molecule has 6 heteroatoms. The van der Waals surface area contributed by atoms with Crippen LogP contribution in [0.1, 0.15) is 53.1 Å². The third kappa shape index (κ3) is 4.66. The zero-order valence-electron chi connectivity index (χ0n) is 18.7. The maximum Gasteiger partial charge on any atom is 0.251 e. The smallest absolute Gasteiger partial charge is 0.251 e. The van der Waals surface area contributed by atoms with Crippen molar-refractivity contribution >= 4 is 22.5 Å². The van der Waals surface area contributed by atoms with E-state index in [0.29, 0.717) is 0 Å². The van der Waals surface area contributed by atoms with Gasteiger partial charge in [-0.1, -0.05) is 53.7 Å². The standard InChI is InChI=1S/C21H37NO3Si2/c1-20(2,3)26(7,8)24-16-13-11-15(12-14-16)17-18(19(23)22-17)25-27(9,10)21(4,5)6/h11-14,17-18H,1-10H3,(H,22,23)/t17-,18+/m0/s1. The van der Waals surface area contributed by atoms with Gasteiger partial charge in [-0.05, 0) is 54.0 Å². The molecule has 2 rings (SSSR count). The summed E-state index contributed by atoms with van der Waals surface area (Å²) < 4.78 is 12.7. The number of rotatable bonds is 5. The molecule has 1 N–H and O–H groups in total. The number of hydrogen-bond donors (Lipinski definition) is 1. The Morgan fingerprint density at radius 1 is 0.852 bits per heavy atom. The van der Waals surface area contributed by atoms with Gasteiger partial charge in [0.15, 0.2) is 8.32 Å². The van der Waals surface area contributed by atoms with Crippen LogP contribution in [-0.4, -0.2) is 28.6 Å². The minimum absolute atomic E-state index is 0.00794. The van der Waals surface area contributed by atoms with E-state index < -0.39 is 22.7 Å². The van der Waals surface area contributed by atoms with Crippen LogP contribution in [0.4, 0.5) is 0 Å². The molecule has 0 bridgehead atoms. The minimum Gasteiger partial charge on any atom is -0.544 e. The Morgan fingerprint density at radius 3 is 1.74 bits per heavy atom. The average Bonchev–Trinajstić information content (AvgIpc) is 2.49. The van der Waals surface area contributed by atoms with Crippen LogP contribution in [0, 0.1) is 0 Å². The van der Waals surface area contributed by atoms with E-state index in [4.69, 9.17) is 8.85 Å². The lowest BCUT2D eigenvalue weighted by Gasteiger charge is -2.45. The molecule has 0 spiro atoms. The third-order valence-corrected chi connectivity index (χ3v) is 15.3. The number of benzene rings is 1. The van der Waals surface area contributed by atoms with E-state index in [1.165, 1.54) is 0 Å². The Balaban J connectivity index is 2.12. The second-order valence-electron chi connectivity index (χ2n) is 10.7. The van der Waals surface area contributed by atoms with Gasteiger partial charge in [-0.15, -0.1) is 0 Å². The van der Waals surface area contributed by atoms with Crippen LogP contribution < -0.4 is 9.74 Å². The fourth-order valence-corrected chi connectivity index (χ4v) is 4.69. The first-order valence-electron chi connectivity index (χ1n) is 9.82. The van der Waals surface area contributed by atoms with Crippen molar-refractivity contribution in [3.05, 3.63) is 29.8 Å². The Kier molecular flexibility index (Phi) is 5.79. The van der Waals surface area contributed by atoms with E-state index in [9.17, 15) is 4.79 Å². The van der Waals surface area contributed by atoms with Crippen molar-refractivity contribution in [1.82, 2.24) is 5.32 Å². The van der Waals surface area contributed by atoms with Gasteiger partial charge in [0.2, 0.25) is 8.32 Å². The van der Waals surface area contributed by atoms with Gasteiger partial charge < -0.3 is 14.2 Å². The predicted molar refractivity (Wildman–Crippen MR) is 117 cm³/mol. The Morgan fingerprint density at radius 2 is 1.33 bits per heavy atom. The van der Waals surface area contributed by atoms with E-state index in [-0.39, 0.29) is 22.0 Å². The van der Waals surface area contributed by atoms with Crippen LogP contribution in [-0.2, 0) is 9.22 Å². The highest BCUT2D eigenvalue weighted by Crippen LogP contribution is 2.41. The Hall–Kier alpha value is -1.12. The van der Waals surface area contributed by atoms with E-state index in [0.717, 1.165) is 11.3 Å². The van der Waals surface area contributed by atoms with Gasteiger partial charge in [0.25, 0.3) is 5.91 Å². The number of nitrogens with one attached hydrogen (secondary N) is 1. The van der Waals surface area contributed by atoms with Gasteiger partial charge in [0.05, 0.1) is 6.04 Å². The van der Waals surface area contributed by atoms with Crippen molar-refractivity contribution in [2.75, 3.05) is 0 Å². The highest BCUT2D eigenvalue weighted by molar-refractivity contribution is 6.75. The Bertz CT molecular complexity index is 685. The quantitative estimate of drug-likeness (QED) is 0.508. The fourth-order valence-electron chi connectivity index (χ4n) is 2.43. The molecule has 1 amide bonds. The normalized spacial score (nSPS) is 21.5. The minimum atomic E-state index is -2.00. The summed E-state index contributed by atoms with van der Waals surface area (Å²) in [5, 5.41) is 3.24. The van der Waals surface area contributed by atoms with Crippen LogP contribution >= 0.6 is 0 Å². The summed E-state index contributed by atoms with van der Waals surface area (Å²) >= 11 is 0. The number of carbonyl (C=O) groups is 1. The highest BCUT2D eigenvalue weighted by atomic mass is 28.4. The summed E-state index contributed by atoms with van der Waals surface area (Å²) in [5.74, 6) is 0.893. The molecule has 0 aliphatic carbocycles. The van der Waals surface area contributed by atoms with E-state index in [1.54, 1.807) is 0 Å². The second-order valence-corrected chi connectivity index (χ2v) is 20.2.